The molecule has 0 saturated carbocycles. The molecule has 0 radical (unpaired) electrons. The molecule has 0 atom stereocenters. The van der Waals surface area contributed by atoms with Gasteiger partial charge in [0.2, 0.25) is 0 Å². The maximum absolute atomic E-state index is 14.5. The number of piperazine rings is 1. The van der Waals surface area contributed by atoms with E-state index in [1.165, 1.54) is 7.11 Å². The smallest absolute Gasteiger partial charge is 0.282 e. The van der Waals surface area contributed by atoms with Crippen LogP contribution in [0.15, 0.2) is 48.2 Å². The Labute approximate surface area is 179 Å². The molecule has 0 bridgehead atoms. The van der Waals surface area contributed by atoms with E-state index in [1.807, 2.05) is 4.90 Å². The van der Waals surface area contributed by atoms with Crippen molar-refractivity contribution in [3.8, 4) is 5.75 Å². The molecular formula is C23H23F2N3O3. The van der Waals surface area contributed by atoms with E-state index in [2.05, 4.69) is 11.8 Å². The van der Waals surface area contributed by atoms with Gasteiger partial charge in [0.15, 0.2) is 0 Å². The molecule has 2 aromatic rings. The van der Waals surface area contributed by atoms with Crippen molar-refractivity contribution in [2.45, 2.75) is 6.92 Å². The quantitative estimate of drug-likeness (QED) is 0.687. The largest absolute Gasteiger partial charge is 0.496 e. The number of anilines is 1. The SMILES string of the molecule is CCN1CCN(C2=C(c3ccccc3OC)C(=O)N(c3ccc(F)cc3F)C2=O)CC1. The van der Waals surface area contributed by atoms with E-state index >= 15 is 0 Å². The second-order valence-corrected chi connectivity index (χ2v) is 7.39. The minimum atomic E-state index is -0.974. The van der Waals surface area contributed by atoms with E-state index in [9.17, 15) is 18.4 Å². The van der Waals surface area contributed by atoms with Gasteiger partial charge in [-0.15, -0.1) is 0 Å². The molecule has 0 aromatic heterocycles. The van der Waals surface area contributed by atoms with Gasteiger partial charge in [0.25, 0.3) is 11.8 Å². The van der Waals surface area contributed by atoms with Gasteiger partial charge in [-0.1, -0.05) is 25.1 Å². The second kappa shape index (κ2) is 8.47. The van der Waals surface area contributed by atoms with Crippen molar-refractivity contribution in [2.24, 2.45) is 0 Å². The van der Waals surface area contributed by atoms with Gasteiger partial charge in [-0.25, -0.2) is 13.7 Å². The number of hydrogen-bond donors (Lipinski definition) is 0. The molecule has 1 fully saturated rings. The van der Waals surface area contributed by atoms with Crippen LogP contribution in [0.1, 0.15) is 12.5 Å². The summed E-state index contributed by atoms with van der Waals surface area (Å²) in [7, 11) is 1.48. The van der Waals surface area contributed by atoms with E-state index < -0.39 is 23.4 Å². The molecule has 2 aliphatic heterocycles. The topological polar surface area (TPSA) is 53.1 Å². The lowest BCUT2D eigenvalue weighted by Gasteiger charge is -2.36. The van der Waals surface area contributed by atoms with Crippen molar-refractivity contribution in [3.63, 3.8) is 0 Å². The summed E-state index contributed by atoms with van der Waals surface area (Å²) in [5.74, 6) is -2.61. The van der Waals surface area contributed by atoms with Crippen LogP contribution < -0.4 is 9.64 Å². The zero-order chi connectivity index (χ0) is 22.1. The van der Waals surface area contributed by atoms with Gasteiger partial charge in [0.05, 0.1) is 18.4 Å². The number of likely N-dealkylation sites (N-methyl/N-ethyl adjacent to an activating group) is 1. The van der Waals surface area contributed by atoms with Crippen molar-refractivity contribution in [1.29, 1.82) is 0 Å². The fraction of sp³-hybridized carbons (Fsp3) is 0.304. The fourth-order valence-electron chi connectivity index (χ4n) is 4.07. The first kappa shape index (κ1) is 21.0. The summed E-state index contributed by atoms with van der Waals surface area (Å²) >= 11 is 0. The van der Waals surface area contributed by atoms with E-state index in [0.717, 1.165) is 36.7 Å². The Morgan fingerprint density at radius 3 is 2.32 bits per heavy atom. The number of rotatable bonds is 5. The first-order valence-corrected chi connectivity index (χ1v) is 10.1. The Balaban J connectivity index is 1.83. The normalized spacial score (nSPS) is 17.7. The van der Waals surface area contributed by atoms with E-state index in [-0.39, 0.29) is 17.0 Å². The molecule has 31 heavy (non-hydrogen) atoms. The summed E-state index contributed by atoms with van der Waals surface area (Å²) in [4.78, 5) is 31.9. The van der Waals surface area contributed by atoms with Crippen molar-refractivity contribution >= 4 is 23.1 Å². The molecule has 0 spiro atoms. The van der Waals surface area contributed by atoms with E-state index in [1.54, 1.807) is 24.3 Å². The van der Waals surface area contributed by atoms with Crippen molar-refractivity contribution in [1.82, 2.24) is 9.80 Å². The minimum absolute atomic E-state index is 0.163. The highest BCUT2D eigenvalue weighted by Crippen LogP contribution is 2.39. The number of carbonyl (C=O) groups excluding carboxylic acids is 2. The van der Waals surface area contributed by atoms with Crippen LogP contribution in [0, 0.1) is 11.6 Å². The number of methoxy groups -OCH3 is 1. The molecule has 2 aliphatic rings. The van der Waals surface area contributed by atoms with Crippen LogP contribution >= 0.6 is 0 Å². The Morgan fingerprint density at radius 1 is 0.968 bits per heavy atom. The van der Waals surface area contributed by atoms with Gasteiger partial charge in [-0.05, 0) is 24.7 Å². The molecule has 4 rings (SSSR count). The van der Waals surface area contributed by atoms with Gasteiger partial charge in [0, 0.05) is 37.8 Å². The number of halogens is 2. The molecule has 1 saturated heterocycles. The van der Waals surface area contributed by atoms with Crippen LogP contribution in [0.3, 0.4) is 0 Å². The van der Waals surface area contributed by atoms with Gasteiger partial charge in [-0.3, -0.25) is 9.59 Å². The lowest BCUT2D eigenvalue weighted by Crippen LogP contribution is -2.47. The summed E-state index contributed by atoms with van der Waals surface area (Å²) in [5, 5.41) is 0. The van der Waals surface area contributed by atoms with Crippen LogP contribution in [0.2, 0.25) is 0 Å². The van der Waals surface area contributed by atoms with Crippen LogP contribution in [0.25, 0.3) is 5.57 Å². The van der Waals surface area contributed by atoms with Crippen LogP contribution in [-0.2, 0) is 9.59 Å². The standard InChI is InChI=1S/C23H23F2N3O3/c1-3-26-10-12-27(13-11-26)21-20(16-6-4-5-7-19(16)31-2)22(29)28(23(21)30)18-9-8-15(24)14-17(18)25/h4-9,14H,3,10-13H2,1-2H3. The Kier molecular flexibility index (Phi) is 5.73. The summed E-state index contributed by atoms with van der Waals surface area (Å²) in [5.41, 5.74) is 0.567. The molecule has 162 valence electrons. The molecule has 2 aromatic carbocycles. The lowest BCUT2D eigenvalue weighted by molar-refractivity contribution is -0.120. The van der Waals surface area contributed by atoms with Crippen LogP contribution in [0.5, 0.6) is 5.75 Å². The number of carbonyl (C=O) groups is 2. The third-order valence-corrected chi connectivity index (χ3v) is 5.72. The fourth-order valence-corrected chi connectivity index (χ4v) is 4.07. The first-order valence-electron chi connectivity index (χ1n) is 10.1. The molecule has 2 amide bonds. The van der Waals surface area contributed by atoms with Gasteiger partial charge < -0.3 is 14.5 Å². The molecular weight excluding hydrogens is 404 g/mol. The number of hydrogen-bond acceptors (Lipinski definition) is 5. The second-order valence-electron chi connectivity index (χ2n) is 7.39. The van der Waals surface area contributed by atoms with Crippen molar-refractivity contribution < 1.29 is 23.1 Å². The lowest BCUT2D eigenvalue weighted by atomic mass is 10.0. The number of benzene rings is 2. The van der Waals surface area contributed by atoms with Crippen molar-refractivity contribution in [3.05, 3.63) is 65.4 Å². The Bertz CT molecular complexity index is 1060. The zero-order valence-electron chi connectivity index (χ0n) is 17.4. The maximum atomic E-state index is 14.5. The highest BCUT2D eigenvalue weighted by atomic mass is 19.1. The first-order chi connectivity index (χ1) is 15.0. The number of amides is 2. The Morgan fingerprint density at radius 2 is 1.68 bits per heavy atom. The van der Waals surface area contributed by atoms with Gasteiger partial charge in [-0.2, -0.15) is 0 Å². The molecule has 6 nitrogen and oxygen atoms in total. The van der Waals surface area contributed by atoms with Crippen molar-refractivity contribution in [2.75, 3.05) is 44.7 Å². The van der Waals surface area contributed by atoms with Crippen LogP contribution in [-0.4, -0.2) is 61.4 Å². The van der Waals surface area contributed by atoms with Gasteiger partial charge >= 0.3 is 0 Å². The highest BCUT2D eigenvalue weighted by Gasteiger charge is 2.44. The molecule has 0 aliphatic carbocycles. The number of para-hydroxylation sites is 1. The average molecular weight is 427 g/mol. The predicted molar refractivity (Wildman–Crippen MR) is 112 cm³/mol. The molecule has 8 heteroatoms. The summed E-state index contributed by atoms with van der Waals surface area (Å²) < 4.78 is 33.4. The summed E-state index contributed by atoms with van der Waals surface area (Å²) in [6, 6.07) is 9.71. The van der Waals surface area contributed by atoms with E-state index in [0.29, 0.717) is 30.5 Å². The van der Waals surface area contributed by atoms with Crippen LogP contribution in [0.4, 0.5) is 14.5 Å². The third kappa shape index (κ3) is 3.67. The molecule has 0 N–H and O–H groups in total. The highest BCUT2D eigenvalue weighted by molar-refractivity contribution is 6.45. The number of imide groups is 1. The number of nitrogens with zero attached hydrogens (tertiary/aromatic N) is 3. The average Bonchev–Trinajstić information content (AvgIpc) is 3.04. The minimum Gasteiger partial charge on any atom is -0.496 e. The van der Waals surface area contributed by atoms with Gasteiger partial charge in [0.1, 0.15) is 23.1 Å². The molecule has 0 unspecified atom stereocenters. The Hall–Kier alpha value is -3.26. The zero-order valence-corrected chi connectivity index (χ0v) is 17.4. The summed E-state index contributed by atoms with van der Waals surface area (Å²) in [6.45, 7) is 5.56. The predicted octanol–water partition coefficient (Wildman–Crippen LogP) is 2.90. The van der Waals surface area contributed by atoms with E-state index in [4.69, 9.17) is 4.74 Å². The summed E-state index contributed by atoms with van der Waals surface area (Å²) in [6.07, 6.45) is 0. The maximum Gasteiger partial charge on any atom is 0.282 e. The monoisotopic (exact) mass is 427 g/mol. The third-order valence-electron chi connectivity index (χ3n) is 5.72. The number of ether oxygens (including phenoxy) is 1. The molecule has 2 heterocycles.